The minimum Gasteiger partial charge on any atom is -0.207 e. The van der Waals surface area contributed by atoms with E-state index in [1.165, 1.54) is 24.3 Å². The van der Waals surface area contributed by atoms with Crippen molar-refractivity contribution in [3.63, 3.8) is 0 Å². The van der Waals surface area contributed by atoms with Gasteiger partial charge >= 0.3 is 0 Å². The summed E-state index contributed by atoms with van der Waals surface area (Å²) in [5, 5.41) is 1.23. The van der Waals surface area contributed by atoms with Gasteiger partial charge in [0.1, 0.15) is 11.6 Å². The van der Waals surface area contributed by atoms with E-state index in [0.29, 0.717) is 35.6 Å². The molecule has 0 aromatic heterocycles. The zero-order valence-electron chi connectivity index (χ0n) is 16.7. The predicted molar refractivity (Wildman–Crippen MR) is 111 cm³/mol. The molecule has 4 rings (SSSR count). The molecule has 0 unspecified atom stereocenters. The summed E-state index contributed by atoms with van der Waals surface area (Å²) in [6.07, 6.45) is 3.55. The van der Waals surface area contributed by atoms with Gasteiger partial charge in [-0.05, 0) is 90.8 Å². The monoisotopic (exact) mass is 410 g/mol. The summed E-state index contributed by atoms with van der Waals surface area (Å²) >= 11 is 0. The van der Waals surface area contributed by atoms with E-state index in [4.69, 9.17) is 0 Å². The molecule has 30 heavy (non-hydrogen) atoms. The second-order valence-corrected chi connectivity index (χ2v) is 7.97. The lowest BCUT2D eigenvalue weighted by atomic mass is 9.78. The van der Waals surface area contributed by atoms with Gasteiger partial charge in [-0.2, -0.15) is 0 Å². The third kappa shape index (κ3) is 4.21. The van der Waals surface area contributed by atoms with E-state index < -0.39 is 23.3 Å². The summed E-state index contributed by atoms with van der Waals surface area (Å²) in [5.74, 6) is 3.77. The first kappa shape index (κ1) is 20.5. The van der Waals surface area contributed by atoms with Crippen molar-refractivity contribution in [2.75, 3.05) is 0 Å². The summed E-state index contributed by atoms with van der Waals surface area (Å²) in [5.41, 5.74) is 1.62. The molecule has 0 N–H and O–H groups in total. The van der Waals surface area contributed by atoms with E-state index in [0.717, 1.165) is 18.4 Å². The molecule has 0 bridgehead atoms. The van der Waals surface area contributed by atoms with Gasteiger partial charge in [0.15, 0.2) is 11.6 Å². The van der Waals surface area contributed by atoms with Gasteiger partial charge in [-0.25, -0.2) is 17.6 Å². The average Bonchev–Trinajstić information content (AvgIpc) is 2.73. The number of benzene rings is 3. The first-order chi connectivity index (χ1) is 14.4. The zero-order chi connectivity index (χ0) is 21.3. The van der Waals surface area contributed by atoms with E-state index >= 15 is 0 Å². The van der Waals surface area contributed by atoms with Gasteiger partial charge in [0.25, 0.3) is 0 Å². The predicted octanol–water partition coefficient (Wildman–Crippen LogP) is 7.28. The van der Waals surface area contributed by atoms with Crippen LogP contribution in [0, 0.1) is 41.0 Å². The van der Waals surface area contributed by atoms with Crippen molar-refractivity contribution in [2.45, 2.75) is 44.9 Å². The molecule has 0 nitrogen and oxygen atoms in total. The maximum atomic E-state index is 14.4. The van der Waals surface area contributed by atoms with Crippen molar-refractivity contribution in [1.29, 1.82) is 0 Å². The number of halogens is 4. The highest BCUT2D eigenvalue weighted by atomic mass is 19.2. The lowest BCUT2D eigenvalue weighted by molar-refractivity contribution is 0.366. The number of hydrogen-bond donors (Lipinski definition) is 0. The van der Waals surface area contributed by atoms with Crippen LogP contribution in [0.15, 0.2) is 42.5 Å². The molecule has 0 spiro atoms. The number of rotatable bonds is 2. The number of hydrogen-bond acceptors (Lipinski definition) is 0. The maximum Gasteiger partial charge on any atom is 0.159 e. The SMILES string of the molecule is CCc1cc(F)c(C2CCC(C#Cc3ccc4cc(F)c(F)cc4c3)CC2)c(F)c1. The minimum atomic E-state index is -0.877. The van der Waals surface area contributed by atoms with Gasteiger partial charge < -0.3 is 0 Å². The average molecular weight is 410 g/mol. The highest BCUT2D eigenvalue weighted by Gasteiger charge is 2.26. The second-order valence-electron chi connectivity index (χ2n) is 7.97. The Labute approximate surface area is 173 Å². The molecule has 4 heteroatoms. The quantitative estimate of drug-likeness (QED) is 0.307. The van der Waals surface area contributed by atoms with Crippen molar-refractivity contribution in [3.8, 4) is 11.8 Å². The number of aryl methyl sites for hydroxylation is 1. The third-order valence-corrected chi connectivity index (χ3v) is 5.98. The Kier molecular flexibility index (Phi) is 5.81. The molecule has 0 radical (unpaired) electrons. The van der Waals surface area contributed by atoms with Crippen LogP contribution in [0.3, 0.4) is 0 Å². The molecular formula is C26H22F4. The van der Waals surface area contributed by atoms with Crippen LogP contribution < -0.4 is 0 Å². The summed E-state index contributed by atoms with van der Waals surface area (Å²) < 4.78 is 55.6. The molecule has 0 atom stereocenters. The summed E-state index contributed by atoms with van der Waals surface area (Å²) in [4.78, 5) is 0. The van der Waals surface area contributed by atoms with Crippen LogP contribution in [0.5, 0.6) is 0 Å². The van der Waals surface area contributed by atoms with Crippen LogP contribution in [0.25, 0.3) is 10.8 Å². The smallest absolute Gasteiger partial charge is 0.159 e. The Morgan fingerprint density at radius 1 is 0.767 bits per heavy atom. The van der Waals surface area contributed by atoms with Crippen LogP contribution >= 0.6 is 0 Å². The Hall–Kier alpha value is -2.80. The van der Waals surface area contributed by atoms with Crippen molar-refractivity contribution in [2.24, 2.45) is 5.92 Å². The number of fused-ring (bicyclic) bond motifs is 1. The molecule has 0 saturated heterocycles. The molecule has 0 aliphatic heterocycles. The van der Waals surface area contributed by atoms with Crippen molar-refractivity contribution < 1.29 is 17.6 Å². The van der Waals surface area contributed by atoms with Gasteiger partial charge in [-0.3, -0.25) is 0 Å². The molecule has 1 saturated carbocycles. The molecule has 3 aromatic rings. The Morgan fingerprint density at radius 2 is 1.40 bits per heavy atom. The topological polar surface area (TPSA) is 0 Å². The molecule has 3 aromatic carbocycles. The van der Waals surface area contributed by atoms with Gasteiger partial charge in [0.05, 0.1) is 0 Å². The standard InChI is InChI=1S/C26H22F4/c1-2-16-12-24(29)26(25(30)13-16)19-8-5-17(6-9-19)3-4-18-7-10-20-14-22(27)23(28)15-21(20)11-18/h7,10-15,17,19H,2,5-6,8-9H2,1H3. The van der Waals surface area contributed by atoms with E-state index in [1.54, 1.807) is 18.2 Å². The van der Waals surface area contributed by atoms with E-state index in [2.05, 4.69) is 11.8 Å². The first-order valence-corrected chi connectivity index (χ1v) is 10.3. The van der Waals surface area contributed by atoms with Crippen molar-refractivity contribution in [3.05, 3.63) is 82.4 Å². The minimum absolute atomic E-state index is 0.118. The molecule has 0 heterocycles. The lowest BCUT2D eigenvalue weighted by Gasteiger charge is -2.26. The van der Waals surface area contributed by atoms with Crippen LogP contribution in [0.1, 0.15) is 55.2 Å². The van der Waals surface area contributed by atoms with E-state index in [-0.39, 0.29) is 17.4 Å². The van der Waals surface area contributed by atoms with E-state index in [9.17, 15) is 17.6 Å². The lowest BCUT2D eigenvalue weighted by Crippen LogP contribution is -2.15. The van der Waals surface area contributed by atoms with Crippen LogP contribution in [0.2, 0.25) is 0 Å². The van der Waals surface area contributed by atoms with Gasteiger partial charge in [-0.15, -0.1) is 0 Å². The van der Waals surface area contributed by atoms with Gasteiger partial charge in [0.2, 0.25) is 0 Å². The summed E-state index contributed by atoms with van der Waals surface area (Å²) in [6.45, 7) is 1.88. The maximum absolute atomic E-state index is 14.4. The summed E-state index contributed by atoms with van der Waals surface area (Å²) in [6, 6.07) is 10.5. The Bertz CT molecular complexity index is 1120. The fourth-order valence-electron chi connectivity index (χ4n) is 4.26. The van der Waals surface area contributed by atoms with Crippen molar-refractivity contribution >= 4 is 10.8 Å². The van der Waals surface area contributed by atoms with Gasteiger partial charge in [0, 0.05) is 17.0 Å². The highest BCUT2D eigenvalue weighted by molar-refractivity contribution is 5.84. The first-order valence-electron chi connectivity index (χ1n) is 10.3. The summed E-state index contributed by atoms with van der Waals surface area (Å²) in [7, 11) is 0. The van der Waals surface area contributed by atoms with Crippen LogP contribution in [0.4, 0.5) is 17.6 Å². The molecule has 1 fully saturated rings. The molecule has 0 amide bonds. The van der Waals surface area contributed by atoms with Crippen molar-refractivity contribution in [1.82, 2.24) is 0 Å². The second kappa shape index (κ2) is 8.52. The Morgan fingerprint density at radius 3 is 2.03 bits per heavy atom. The fraction of sp³-hybridized carbons (Fsp3) is 0.308. The largest absolute Gasteiger partial charge is 0.207 e. The zero-order valence-corrected chi connectivity index (χ0v) is 16.7. The van der Waals surface area contributed by atoms with Crippen LogP contribution in [-0.2, 0) is 6.42 Å². The van der Waals surface area contributed by atoms with E-state index in [1.807, 2.05) is 6.92 Å². The Balaban J connectivity index is 1.46. The van der Waals surface area contributed by atoms with Gasteiger partial charge in [-0.1, -0.05) is 24.8 Å². The fourth-order valence-corrected chi connectivity index (χ4v) is 4.26. The van der Waals surface area contributed by atoms with Crippen LogP contribution in [-0.4, -0.2) is 0 Å². The molecular weight excluding hydrogens is 388 g/mol. The molecule has 154 valence electrons. The highest BCUT2D eigenvalue weighted by Crippen LogP contribution is 2.38. The molecule has 1 aliphatic carbocycles. The normalized spacial score (nSPS) is 18.8. The molecule has 1 aliphatic rings. The third-order valence-electron chi connectivity index (χ3n) is 5.98.